The van der Waals surface area contributed by atoms with Crippen molar-refractivity contribution in [3.05, 3.63) is 29.8 Å². The zero-order valence-corrected chi connectivity index (χ0v) is 8.44. The van der Waals surface area contributed by atoms with Gasteiger partial charge in [-0.25, -0.2) is 0 Å². The minimum absolute atomic E-state index is 0.233. The lowest BCUT2D eigenvalue weighted by molar-refractivity contribution is 0.186. The van der Waals surface area contributed by atoms with Crippen molar-refractivity contribution in [2.45, 2.75) is 19.4 Å². The van der Waals surface area contributed by atoms with Crippen molar-refractivity contribution in [1.29, 1.82) is 0 Å². The van der Waals surface area contributed by atoms with Crippen LogP contribution in [0.4, 0.5) is 0 Å². The highest BCUT2D eigenvalue weighted by Crippen LogP contribution is 2.18. The molecular weight excluding hydrogens is 178 g/mol. The van der Waals surface area contributed by atoms with Gasteiger partial charge in [0, 0.05) is 6.54 Å². The molecule has 0 aliphatic heterocycles. The molecule has 3 N–H and O–H groups in total. The third kappa shape index (κ3) is 3.01. The van der Waals surface area contributed by atoms with E-state index in [1.807, 2.05) is 24.3 Å². The van der Waals surface area contributed by atoms with E-state index >= 15 is 0 Å². The van der Waals surface area contributed by atoms with Crippen LogP contribution in [0, 0.1) is 0 Å². The van der Waals surface area contributed by atoms with E-state index in [0.717, 1.165) is 17.7 Å². The highest BCUT2D eigenvalue weighted by molar-refractivity contribution is 5.29. The fraction of sp³-hybridized carbons (Fsp3) is 0.455. The molecule has 1 atom stereocenters. The zero-order chi connectivity index (χ0) is 10.4. The van der Waals surface area contributed by atoms with Crippen LogP contribution in [0.5, 0.6) is 5.75 Å². The van der Waals surface area contributed by atoms with Gasteiger partial charge in [0.1, 0.15) is 5.75 Å². The van der Waals surface area contributed by atoms with Gasteiger partial charge in [-0.2, -0.15) is 0 Å². The summed E-state index contributed by atoms with van der Waals surface area (Å²) in [5.41, 5.74) is 6.17. The summed E-state index contributed by atoms with van der Waals surface area (Å²) >= 11 is 0. The molecule has 0 aliphatic rings. The van der Waals surface area contributed by atoms with Crippen LogP contribution in [0.2, 0.25) is 0 Å². The van der Waals surface area contributed by atoms with Crippen molar-refractivity contribution in [2.75, 3.05) is 13.2 Å². The van der Waals surface area contributed by atoms with Crippen molar-refractivity contribution >= 4 is 0 Å². The molecule has 0 spiro atoms. The topological polar surface area (TPSA) is 55.5 Å². The second kappa shape index (κ2) is 5.62. The smallest absolute Gasteiger partial charge is 0.119 e. The van der Waals surface area contributed by atoms with Crippen LogP contribution in [0.3, 0.4) is 0 Å². The maximum absolute atomic E-state index is 9.50. The second-order valence-corrected chi connectivity index (χ2v) is 3.17. The third-order valence-corrected chi connectivity index (χ3v) is 1.94. The number of aliphatic hydroxyl groups is 1. The standard InChI is InChI=1S/C11H17NO2/c1-2-6-14-10-5-3-4-9(7-10)11(13)8-12/h3-5,7,11,13H,2,6,8,12H2,1H3. The molecule has 3 nitrogen and oxygen atoms in total. The molecule has 0 bridgehead atoms. The maximum atomic E-state index is 9.50. The highest BCUT2D eigenvalue weighted by Gasteiger charge is 2.05. The summed E-state index contributed by atoms with van der Waals surface area (Å²) in [5.74, 6) is 0.789. The fourth-order valence-electron chi connectivity index (χ4n) is 1.17. The van der Waals surface area contributed by atoms with Gasteiger partial charge >= 0.3 is 0 Å². The number of rotatable bonds is 5. The molecule has 3 heteroatoms. The number of hydrogen-bond donors (Lipinski definition) is 2. The molecule has 0 heterocycles. The van der Waals surface area contributed by atoms with Gasteiger partial charge in [-0.15, -0.1) is 0 Å². The summed E-state index contributed by atoms with van der Waals surface area (Å²) in [6.45, 7) is 2.98. The predicted octanol–water partition coefficient (Wildman–Crippen LogP) is 1.47. The monoisotopic (exact) mass is 195 g/mol. The molecule has 0 amide bonds. The first-order valence-electron chi connectivity index (χ1n) is 4.88. The van der Waals surface area contributed by atoms with Crippen molar-refractivity contribution in [1.82, 2.24) is 0 Å². The Hall–Kier alpha value is -1.06. The van der Waals surface area contributed by atoms with Gasteiger partial charge in [-0.05, 0) is 24.1 Å². The first-order valence-corrected chi connectivity index (χ1v) is 4.88. The Balaban J connectivity index is 2.68. The van der Waals surface area contributed by atoms with E-state index in [2.05, 4.69) is 6.92 Å². The summed E-state index contributed by atoms with van der Waals surface area (Å²) in [5, 5.41) is 9.50. The zero-order valence-electron chi connectivity index (χ0n) is 8.44. The largest absolute Gasteiger partial charge is 0.494 e. The minimum Gasteiger partial charge on any atom is -0.494 e. The molecule has 1 aromatic rings. The van der Waals surface area contributed by atoms with Gasteiger partial charge in [0.25, 0.3) is 0 Å². The van der Waals surface area contributed by atoms with E-state index in [9.17, 15) is 5.11 Å². The SMILES string of the molecule is CCCOc1cccc(C(O)CN)c1. The summed E-state index contributed by atoms with van der Waals surface area (Å²) in [6.07, 6.45) is 0.379. The number of hydrogen-bond acceptors (Lipinski definition) is 3. The summed E-state index contributed by atoms with van der Waals surface area (Å²) in [7, 11) is 0. The molecule has 0 aliphatic carbocycles. The maximum Gasteiger partial charge on any atom is 0.119 e. The van der Waals surface area contributed by atoms with Gasteiger partial charge in [0.05, 0.1) is 12.7 Å². The van der Waals surface area contributed by atoms with Crippen LogP contribution in [0.15, 0.2) is 24.3 Å². The molecule has 1 rings (SSSR count). The minimum atomic E-state index is -0.597. The Morgan fingerprint density at radius 3 is 2.93 bits per heavy atom. The first kappa shape index (κ1) is 11.0. The Labute approximate surface area is 84.5 Å². The lowest BCUT2D eigenvalue weighted by Crippen LogP contribution is -2.11. The quantitative estimate of drug-likeness (QED) is 0.748. The van der Waals surface area contributed by atoms with Gasteiger partial charge in [0.2, 0.25) is 0 Å². The van der Waals surface area contributed by atoms with Crippen LogP contribution < -0.4 is 10.5 Å². The van der Waals surface area contributed by atoms with E-state index in [0.29, 0.717) is 6.61 Å². The average molecular weight is 195 g/mol. The van der Waals surface area contributed by atoms with Crippen LogP contribution >= 0.6 is 0 Å². The lowest BCUT2D eigenvalue weighted by Gasteiger charge is -2.10. The molecule has 0 aromatic heterocycles. The lowest BCUT2D eigenvalue weighted by atomic mass is 10.1. The molecule has 1 aromatic carbocycles. The van der Waals surface area contributed by atoms with E-state index in [1.54, 1.807) is 0 Å². The molecule has 1 unspecified atom stereocenters. The van der Waals surface area contributed by atoms with Crippen LogP contribution in [0.25, 0.3) is 0 Å². The molecular formula is C11H17NO2. The average Bonchev–Trinajstić information content (AvgIpc) is 2.25. The first-order chi connectivity index (χ1) is 6.77. The Bertz CT molecular complexity index is 276. The predicted molar refractivity (Wildman–Crippen MR) is 56.2 cm³/mol. The Morgan fingerprint density at radius 2 is 2.29 bits per heavy atom. The van der Waals surface area contributed by atoms with Crippen LogP contribution in [-0.4, -0.2) is 18.3 Å². The van der Waals surface area contributed by atoms with Crippen molar-refractivity contribution in [2.24, 2.45) is 5.73 Å². The molecule has 14 heavy (non-hydrogen) atoms. The Kier molecular flexibility index (Phi) is 4.43. The molecule has 0 saturated heterocycles. The highest BCUT2D eigenvalue weighted by atomic mass is 16.5. The van der Waals surface area contributed by atoms with Crippen molar-refractivity contribution in [3.8, 4) is 5.75 Å². The number of benzene rings is 1. The summed E-state index contributed by atoms with van der Waals surface area (Å²) < 4.78 is 5.44. The number of nitrogens with two attached hydrogens (primary N) is 1. The van der Waals surface area contributed by atoms with Gasteiger partial charge in [-0.1, -0.05) is 19.1 Å². The van der Waals surface area contributed by atoms with E-state index in [1.165, 1.54) is 0 Å². The molecule has 0 radical (unpaired) electrons. The third-order valence-electron chi connectivity index (χ3n) is 1.94. The van der Waals surface area contributed by atoms with E-state index < -0.39 is 6.10 Å². The second-order valence-electron chi connectivity index (χ2n) is 3.17. The fourth-order valence-corrected chi connectivity index (χ4v) is 1.17. The van der Waals surface area contributed by atoms with Gasteiger partial charge in [0.15, 0.2) is 0 Å². The van der Waals surface area contributed by atoms with Gasteiger partial charge in [-0.3, -0.25) is 0 Å². The van der Waals surface area contributed by atoms with Crippen molar-refractivity contribution in [3.63, 3.8) is 0 Å². The van der Waals surface area contributed by atoms with Crippen LogP contribution in [0.1, 0.15) is 25.0 Å². The molecule has 0 saturated carbocycles. The van der Waals surface area contributed by atoms with Gasteiger partial charge < -0.3 is 15.6 Å². The van der Waals surface area contributed by atoms with Crippen molar-refractivity contribution < 1.29 is 9.84 Å². The Morgan fingerprint density at radius 1 is 1.50 bits per heavy atom. The number of aliphatic hydroxyl groups excluding tert-OH is 1. The summed E-state index contributed by atoms with van der Waals surface area (Å²) in [4.78, 5) is 0. The molecule has 78 valence electrons. The normalized spacial score (nSPS) is 12.5. The molecule has 0 fully saturated rings. The van der Waals surface area contributed by atoms with E-state index in [-0.39, 0.29) is 6.54 Å². The van der Waals surface area contributed by atoms with Crippen LogP contribution in [-0.2, 0) is 0 Å². The number of ether oxygens (including phenoxy) is 1. The summed E-state index contributed by atoms with van der Waals surface area (Å²) in [6, 6.07) is 7.41. The van der Waals surface area contributed by atoms with E-state index in [4.69, 9.17) is 10.5 Å².